The highest BCUT2D eigenvalue weighted by Crippen LogP contribution is 2.48. The Kier molecular flexibility index (Phi) is 3.12. The Morgan fingerprint density at radius 3 is 2.94 bits per heavy atom. The Morgan fingerprint density at radius 2 is 2.18 bits per heavy atom. The molecule has 0 bridgehead atoms. The molecule has 0 amide bonds. The van der Waals surface area contributed by atoms with Crippen molar-refractivity contribution < 1.29 is 4.74 Å². The van der Waals surface area contributed by atoms with Crippen LogP contribution >= 0.6 is 11.6 Å². The molecular formula is C14H18ClNO. The predicted octanol–water partition coefficient (Wildman–Crippen LogP) is 2.82. The second kappa shape index (κ2) is 4.60. The SMILES string of the molecule is Clc1ccccc1C1CNCCC12CCOC2. The third-order valence-electron chi connectivity index (χ3n) is 4.30. The summed E-state index contributed by atoms with van der Waals surface area (Å²) >= 11 is 6.35. The van der Waals surface area contributed by atoms with E-state index in [0.29, 0.717) is 11.3 Å². The van der Waals surface area contributed by atoms with Gasteiger partial charge in [-0.2, -0.15) is 0 Å². The van der Waals surface area contributed by atoms with E-state index in [1.807, 2.05) is 12.1 Å². The molecule has 1 spiro atoms. The van der Waals surface area contributed by atoms with Crippen molar-refractivity contribution in [3.05, 3.63) is 34.9 Å². The zero-order valence-electron chi connectivity index (χ0n) is 9.92. The lowest BCUT2D eigenvalue weighted by molar-refractivity contribution is 0.110. The van der Waals surface area contributed by atoms with E-state index in [-0.39, 0.29) is 0 Å². The Labute approximate surface area is 107 Å². The van der Waals surface area contributed by atoms with Crippen LogP contribution in [0, 0.1) is 5.41 Å². The molecule has 2 aliphatic rings. The molecular weight excluding hydrogens is 234 g/mol. The van der Waals surface area contributed by atoms with Gasteiger partial charge in [0.05, 0.1) is 6.61 Å². The number of halogens is 1. The van der Waals surface area contributed by atoms with E-state index in [4.69, 9.17) is 16.3 Å². The van der Waals surface area contributed by atoms with Gasteiger partial charge < -0.3 is 10.1 Å². The summed E-state index contributed by atoms with van der Waals surface area (Å²) in [7, 11) is 0. The Balaban J connectivity index is 1.97. The van der Waals surface area contributed by atoms with Crippen LogP contribution in [-0.4, -0.2) is 26.3 Å². The first-order valence-corrected chi connectivity index (χ1v) is 6.73. The molecule has 1 aromatic carbocycles. The third-order valence-corrected chi connectivity index (χ3v) is 4.65. The second-order valence-electron chi connectivity index (χ2n) is 5.19. The number of piperidine rings is 1. The van der Waals surface area contributed by atoms with Crippen LogP contribution in [0.2, 0.25) is 5.02 Å². The summed E-state index contributed by atoms with van der Waals surface area (Å²) in [5, 5.41) is 4.39. The summed E-state index contributed by atoms with van der Waals surface area (Å²) in [6.07, 6.45) is 2.37. The molecule has 2 heterocycles. The van der Waals surface area contributed by atoms with Crippen LogP contribution < -0.4 is 5.32 Å². The number of hydrogen-bond donors (Lipinski definition) is 1. The van der Waals surface area contributed by atoms with Crippen molar-refractivity contribution in [2.45, 2.75) is 18.8 Å². The largest absolute Gasteiger partial charge is 0.381 e. The molecule has 17 heavy (non-hydrogen) atoms. The summed E-state index contributed by atoms with van der Waals surface area (Å²) in [5.41, 5.74) is 1.60. The van der Waals surface area contributed by atoms with Gasteiger partial charge in [0.25, 0.3) is 0 Å². The van der Waals surface area contributed by atoms with Crippen molar-refractivity contribution in [1.29, 1.82) is 0 Å². The number of hydrogen-bond acceptors (Lipinski definition) is 2. The van der Waals surface area contributed by atoms with Crippen molar-refractivity contribution in [2.24, 2.45) is 5.41 Å². The van der Waals surface area contributed by atoms with Crippen LogP contribution in [0.4, 0.5) is 0 Å². The van der Waals surface area contributed by atoms with E-state index >= 15 is 0 Å². The minimum Gasteiger partial charge on any atom is -0.381 e. The van der Waals surface area contributed by atoms with Gasteiger partial charge in [-0.15, -0.1) is 0 Å². The first-order valence-electron chi connectivity index (χ1n) is 6.35. The average molecular weight is 252 g/mol. The molecule has 2 saturated heterocycles. The van der Waals surface area contributed by atoms with Crippen LogP contribution in [0.1, 0.15) is 24.3 Å². The van der Waals surface area contributed by atoms with Crippen LogP contribution in [0.5, 0.6) is 0 Å². The molecule has 1 aromatic rings. The van der Waals surface area contributed by atoms with Gasteiger partial charge >= 0.3 is 0 Å². The maximum atomic E-state index is 6.35. The van der Waals surface area contributed by atoms with Crippen molar-refractivity contribution in [3.63, 3.8) is 0 Å². The van der Waals surface area contributed by atoms with Gasteiger partial charge in [-0.25, -0.2) is 0 Å². The molecule has 2 aliphatic heterocycles. The molecule has 2 nitrogen and oxygen atoms in total. The molecule has 3 rings (SSSR count). The predicted molar refractivity (Wildman–Crippen MR) is 69.5 cm³/mol. The first-order chi connectivity index (χ1) is 8.32. The zero-order valence-corrected chi connectivity index (χ0v) is 10.7. The van der Waals surface area contributed by atoms with Gasteiger partial charge in [0.15, 0.2) is 0 Å². The molecule has 3 heteroatoms. The van der Waals surface area contributed by atoms with Gasteiger partial charge in [-0.1, -0.05) is 29.8 Å². The summed E-state index contributed by atoms with van der Waals surface area (Å²) in [4.78, 5) is 0. The van der Waals surface area contributed by atoms with E-state index in [0.717, 1.165) is 31.3 Å². The summed E-state index contributed by atoms with van der Waals surface area (Å²) in [6.45, 7) is 3.92. The van der Waals surface area contributed by atoms with Gasteiger partial charge in [0.1, 0.15) is 0 Å². The molecule has 0 aliphatic carbocycles. The van der Waals surface area contributed by atoms with Gasteiger partial charge in [0, 0.05) is 29.5 Å². The van der Waals surface area contributed by atoms with Crippen LogP contribution in [0.25, 0.3) is 0 Å². The highest BCUT2D eigenvalue weighted by Gasteiger charge is 2.44. The Hall–Kier alpha value is -0.570. The monoisotopic (exact) mass is 251 g/mol. The van der Waals surface area contributed by atoms with Crippen molar-refractivity contribution in [2.75, 3.05) is 26.3 Å². The number of nitrogens with one attached hydrogen (secondary N) is 1. The third kappa shape index (κ3) is 1.99. The Bertz CT molecular complexity index is 401. The maximum absolute atomic E-state index is 6.35. The Morgan fingerprint density at radius 1 is 1.29 bits per heavy atom. The quantitative estimate of drug-likeness (QED) is 0.829. The minimum absolute atomic E-state index is 0.316. The summed E-state index contributed by atoms with van der Waals surface area (Å²) < 4.78 is 5.66. The average Bonchev–Trinajstić information content (AvgIpc) is 2.80. The lowest BCUT2D eigenvalue weighted by Crippen LogP contribution is -2.44. The second-order valence-corrected chi connectivity index (χ2v) is 5.60. The molecule has 0 radical (unpaired) electrons. The van der Waals surface area contributed by atoms with Crippen molar-refractivity contribution >= 4 is 11.6 Å². The molecule has 0 aromatic heterocycles. The van der Waals surface area contributed by atoms with Crippen LogP contribution in [0.3, 0.4) is 0 Å². The fraction of sp³-hybridized carbons (Fsp3) is 0.571. The van der Waals surface area contributed by atoms with E-state index in [1.165, 1.54) is 18.4 Å². The fourth-order valence-electron chi connectivity index (χ4n) is 3.27. The van der Waals surface area contributed by atoms with Crippen molar-refractivity contribution in [3.8, 4) is 0 Å². The molecule has 2 atom stereocenters. The molecule has 92 valence electrons. The summed E-state index contributed by atoms with van der Waals surface area (Å²) in [5.74, 6) is 0.493. The normalized spacial score (nSPS) is 33.1. The molecule has 2 unspecified atom stereocenters. The lowest BCUT2D eigenvalue weighted by Gasteiger charge is -2.41. The molecule has 0 saturated carbocycles. The number of ether oxygens (including phenoxy) is 1. The van der Waals surface area contributed by atoms with Gasteiger partial charge in [-0.05, 0) is 31.0 Å². The highest BCUT2D eigenvalue weighted by atomic mass is 35.5. The van der Waals surface area contributed by atoms with Gasteiger partial charge in [-0.3, -0.25) is 0 Å². The van der Waals surface area contributed by atoms with E-state index < -0.39 is 0 Å². The smallest absolute Gasteiger partial charge is 0.0530 e. The summed E-state index contributed by atoms with van der Waals surface area (Å²) in [6, 6.07) is 8.24. The highest BCUT2D eigenvalue weighted by molar-refractivity contribution is 6.31. The van der Waals surface area contributed by atoms with E-state index in [9.17, 15) is 0 Å². The van der Waals surface area contributed by atoms with Crippen LogP contribution in [0.15, 0.2) is 24.3 Å². The standard InChI is InChI=1S/C14H18ClNO/c15-13-4-2-1-3-11(13)12-9-16-7-5-14(12)6-8-17-10-14/h1-4,12,16H,5-10H2. The zero-order chi connectivity index (χ0) is 11.7. The van der Waals surface area contributed by atoms with Crippen LogP contribution in [-0.2, 0) is 4.74 Å². The minimum atomic E-state index is 0.316. The van der Waals surface area contributed by atoms with Crippen molar-refractivity contribution in [1.82, 2.24) is 5.32 Å². The number of rotatable bonds is 1. The first kappa shape index (κ1) is 11.5. The van der Waals surface area contributed by atoms with Gasteiger partial charge in [0.2, 0.25) is 0 Å². The maximum Gasteiger partial charge on any atom is 0.0530 e. The number of benzene rings is 1. The molecule has 2 fully saturated rings. The molecule has 1 N–H and O–H groups in total. The van der Waals surface area contributed by atoms with E-state index in [1.54, 1.807) is 0 Å². The van der Waals surface area contributed by atoms with E-state index in [2.05, 4.69) is 17.4 Å². The lowest BCUT2D eigenvalue weighted by atomic mass is 9.67. The fourth-order valence-corrected chi connectivity index (χ4v) is 3.53. The topological polar surface area (TPSA) is 21.3 Å².